The fourth-order valence-electron chi connectivity index (χ4n) is 4.79. The monoisotopic (exact) mass is 665 g/mol. The molecule has 2 amide bonds. The molecule has 0 saturated heterocycles. The maximum Gasteiger partial charge on any atom is 0.264 e. The van der Waals surface area contributed by atoms with Crippen LogP contribution in [-0.4, -0.2) is 43.8 Å². The number of carbonyl (C=O) groups is 2. The molecule has 7 nitrogen and oxygen atoms in total. The molecule has 0 bridgehead atoms. The van der Waals surface area contributed by atoms with E-state index in [-0.39, 0.29) is 35.5 Å². The van der Waals surface area contributed by atoms with Gasteiger partial charge in [-0.3, -0.25) is 13.9 Å². The van der Waals surface area contributed by atoms with Gasteiger partial charge in [-0.2, -0.15) is 0 Å². The van der Waals surface area contributed by atoms with Crippen molar-refractivity contribution in [2.24, 2.45) is 0 Å². The lowest BCUT2D eigenvalue weighted by atomic mass is 10.0. The van der Waals surface area contributed by atoms with Crippen molar-refractivity contribution in [1.29, 1.82) is 0 Å². The predicted molar refractivity (Wildman–Crippen MR) is 181 cm³/mol. The molecule has 236 valence electrons. The minimum Gasteiger partial charge on any atom is -0.352 e. The van der Waals surface area contributed by atoms with Crippen LogP contribution in [0.3, 0.4) is 0 Å². The van der Waals surface area contributed by atoms with Crippen molar-refractivity contribution in [3.05, 3.63) is 130 Å². The fraction of sp³-hybridized carbons (Fsp3) is 0.257. The number of hydrogen-bond acceptors (Lipinski definition) is 4. The Hall–Kier alpha value is -3.85. The van der Waals surface area contributed by atoms with Crippen LogP contribution in [0.4, 0.5) is 5.69 Å². The quantitative estimate of drug-likeness (QED) is 0.166. The van der Waals surface area contributed by atoms with Crippen molar-refractivity contribution < 1.29 is 18.0 Å². The van der Waals surface area contributed by atoms with Crippen molar-refractivity contribution in [3.8, 4) is 0 Å². The van der Waals surface area contributed by atoms with Crippen LogP contribution in [0.2, 0.25) is 10.0 Å². The van der Waals surface area contributed by atoms with Gasteiger partial charge in [-0.25, -0.2) is 8.42 Å². The van der Waals surface area contributed by atoms with Gasteiger partial charge < -0.3 is 10.2 Å². The molecule has 2 atom stereocenters. The first-order chi connectivity index (χ1) is 21.5. The standard InChI is InChI=1S/C35H37Cl2N3O4S/c1-4-26(3)38-35(42)33(21-27-13-7-5-8-14-27)39(23-28-15-11-12-18-31(28)36)34(41)24-40(29-20-19-25(2)32(37)22-29)45(43,44)30-16-9-6-10-17-30/h5-20,22,26,33H,4,21,23-24H2,1-3H3,(H,38,42)/t26-,33-/m0/s1. The molecular weight excluding hydrogens is 629 g/mol. The molecule has 0 spiro atoms. The summed E-state index contributed by atoms with van der Waals surface area (Å²) in [7, 11) is -4.22. The lowest BCUT2D eigenvalue weighted by molar-refractivity contribution is -0.140. The molecule has 0 saturated carbocycles. The van der Waals surface area contributed by atoms with E-state index in [1.807, 2.05) is 51.1 Å². The molecular formula is C35H37Cl2N3O4S. The Morgan fingerprint density at radius 3 is 2.09 bits per heavy atom. The maximum absolute atomic E-state index is 14.5. The Kier molecular flexibility index (Phi) is 11.7. The molecule has 45 heavy (non-hydrogen) atoms. The van der Waals surface area contributed by atoms with Gasteiger partial charge in [-0.15, -0.1) is 0 Å². The van der Waals surface area contributed by atoms with Crippen LogP contribution in [0.15, 0.2) is 108 Å². The zero-order valence-electron chi connectivity index (χ0n) is 25.5. The van der Waals surface area contributed by atoms with Gasteiger partial charge in [0, 0.05) is 29.1 Å². The molecule has 0 aromatic heterocycles. The van der Waals surface area contributed by atoms with Gasteiger partial charge >= 0.3 is 0 Å². The Labute approximate surface area is 275 Å². The average molecular weight is 667 g/mol. The van der Waals surface area contributed by atoms with E-state index in [0.717, 1.165) is 15.4 Å². The molecule has 10 heteroatoms. The summed E-state index contributed by atoms with van der Waals surface area (Å²) in [4.78, 5) is 29.9. The highest BCUT2D eigenvalue weighted by Gasteiger charge is 2.35. The Balaban J connectivity index is 1.83. The second kappa shape index (κ2) is 15.4. The van der Waals surface area contributed by atoms with Gasteiger partial charge in [0.1, 0.15) is 12.6 Å². The number of carbonyl (C=O) groups excluding carboxylic acids is 2. The van der Waals surface area contributed by atoms with Crippen molar-refractivity contribution in [2.75, 3.05) is 10.8 Å². The number of rotatable bonds is 13. The summed E-state index contributed by atoms with van der Waals surface area (Å²) in [5.41, 5.74) is 2.45. The largest absolute Gasteiger partial charge is 0.352 e. The average Bonchev–Trinajstić information content (AvgIpc) is 3.04. The van der Waals surface area contributed by atoms with E-state index in [2.05, 4.69) is 5.32 Å². The zero-order valence-corrected chi connectivity index (χ0v) is 27.8. The Morgan fingerprint density at radius 1 is 0.844 bits per heavy atom. The Morgan fingerprint density at radius 2 is 1.47 bits per heavy atom. The number of amides is 2. The molecule has 0 fully saturated rings. The minimum absolute atomic E-state index is 0.0161. The molecule has 0 heterocycles. The van der Waals surface area contributed by atoms with Gasteiger partial charge in [0.05, 0.1) is 10.6 Å². The van der Waals surface area contributed by atoms with Crippen molar-refractivity contribution in [2.45, 2.75) is 57.1 Å². The highest BCUT2D eigenvalue weighted by molar-refractivity contribution is 7.92. The molecule has 0 aliphatic heterocycles. The lowest BCUT2D eigenvalue weighted by Crippen LogP contribution is -2.54. The van der Waals surface area contributed by atoms with Crippen LogP contribution in [0, 0.1) is 6.92 Å². The minimum atomic E-state index is -4.22. The summed E-state index contributed by atoms with van der Waals surface area (Å²) in [6.45, 7) is 5.07. The van der Waals surface area contributed by atoms with Crippen LogP contribution in [0.5, 0.6) is 0 Å². The zero-order chi connectivity index (χ0) is 32.6. The molecule has 4 aromatic carbocycles. The van der Waals surface area contributed by atoms with E-state index >= 15 is 0 Å². The summed E-state index contributed by atoms with van der Waals surface area (Å²) in [5.74, 6) is -0.921. The maximum atomic E-state index is 14.5. The number of anilines is 1. The number of aryl methyl sites for hydroxylation is 1. The Bertz CT molecular complexity index is 1720. The lowest BCUT2D eigenvalue weighted by Gasteiger charge is -2.34. The van der Waals surface area contributed by atoms with Gasteiger partial charge in [0.2, 0.25) is 11.8 Å². The number of nitrogens with zero attached hydrogens (tertiary/aromatic N) is 2. The summed E-state index contributed by atoms with van der Waals surface area (Å²) in [6.07, 6.45) is 0.903. The molecule has 4 aromatic rings. The third kappa shape index (κ3) is 8.66. The van der Waals surface area contributed by atoms with E-state index < -0.39 is 28.5 Å². The van der Waals surface area contributed by atoms with E-state index in [4.69, 9.17) is 23.2 Å². The highest BCUT2D eigenvalue weighted by Crippen LogP contribution is 2.29. The third-order valence-electron chi connectivity index (χ3n) is 7.62. The first-order valence-electron chi connectivity index (χ1n) is 14.7. The van der Waals surface area contributed by atoms with Crippen LogP contribution < -0.4 is 9.62 Å². The number of benzene rings is 4. The predicted octanol–water partition coefficient (Wildman–Crippen LogP) is 7.05. The summed E-state index contributed by atoms with van der Waals surface area (Å²) in [6, 6.07) is 28.1. The summed E-state index contributed by atoms with van der Waals surface area (Å²) in [5, 5.41) is 3.81. The van der Waals surface area contributed by atoms with E-state index in [9.17, 15) is 18.0 Å². The molecule has 0 radical (unpaired) electrons. The topological polar surface area (TPSA) is 86.8 Å². The van der Waals surface area contributed by atoms with Gasteiger partial charge in [-0.1, -0.05) is 103 Å². The normalized spacial score (nSPS) is 12.6. The molecule has 1 N–H and O–H groups in total. The number of halogens is 2. The number of sulfonamides is 1. The first-order valence-corrected chi connectivity index (χ1v) is 16.9. The third-order valence-corrected chi connectivity index (χ3v) is 10.2. The van der Waals surface area contributed by atoms with Crippen molar-refractivity contribution in [1.82, 2.24) is 10.2 Å². The molecule has 0 aliphatic carbocycles. The summed E-state index contributed by atoms with van der Waals surface area (Å²) < 4.78 is 29.2. The van der Waals surface area contributed by atoms with Crippen molar-refractivity contribution >= 4 is 50.7 Å². The second-order valence-electron chi connectivity index (χ2n) is 10.9. The van der Waals surface area contributed by atoms with Crippen LogP contribution in [0.25, 0.3) is 0 Å². The SMILES string of the molecule is CC[C@H](C)NC(=O)[C@H](Cc1ccccc1)N(Cc1ccccc1Cl)C(=O)CN(c1ccc(C)c(Cl)c1)S(=O)(=O)c1ccccc1. The van der Waals surface area contributed by atoms with E-state index in [1.54, 1.807) is 54.6 Å². The molecule has 0 aliphatic rings. The van der Waals surface area contributed by atoms with E-state index in [1.165, 1.54) is 23.1 Å². The number of nitrogens with one attached hydrogen (secondary N) is 1. The fourth-order valence-corrected chi connectivity index (χ4v) is 6.59. The van der Waals surface area contributed by atoms with E-state index in [0.29, 0.717) is 22.0 Å². The smallest absolute Gasteiger partial charge is 0.264 e. The van der Waals surface area contributed by atoms with Crippen LogP contribution >= 0.6 is 23.2 Å². The van der Waals surface area contributed by atoms with Crippen LogP contribution in [0.1, 0.15) is 37.0 Å². The van der Waals surface area contributed by atoms with Gasteiger partial charge in [0.15, 0.2) is 0 Å². The van der Waals surface area contributed by atoms with Gasteiger partial charge in [0.25, 0.3) is 10.0 Å². The molecule has 0 unspecified atom stereocenters. The second-order valence-corrected chi connectivity index (χ2v) is 13.6. The first kappa shape index (κ1) is 34.0. The summed E-state index contributed by atoms with van der Waals surface area (Å²) >= 11 is 13.0. The van der Waals surface area contributed by atoms with Crippen LogP contribution in [-0.2, 0) is 32.6 Å². The van der Waals surface area contributed by atoms with Gasteiger partial charge in [-0.05, 0) is 67.3 Å². The van der Waals surface area contributed by atoms with Crippen molar-refractivity contribution in [3.63, 3.8) is 0 Å². The highest BCUT2D eigenvalue weighted by atomic mass is 35.5. The number of hydrogen-bond donors (Lipinski definition) is 1. The molecule has 4 rings (SSSR count).